The van der Waals surface area contributed by atoms with Gasteiger partial charge in [-0.05, 0) is 82.9 Å². The number of nitrogens with one attached hydrogen (secondary N) is 1. The molecule has 9 heteroatoms. The third kappa shape index (κ3) is 8.33. The fraction of sp³-hybridized carbons (Fsp3) is 0.481. The molecule has 0 aromatic heterocycles. The summed E-state index contributed by atoms with van der Waals surface area (Å²) in [5.74, 6) is -0.973. The lowest BCUT2D eigenvalue weighted by molar-refractivity contribution is -0.141. The van der Waals surface area contributed by atoms with Crippen LogP contribution >= 0.6 is 0 Å². The zero-order valence-corrected chi connectivity index (χ0v) is 23.1. The van der Waals surface area contributed by atoms with Crippen LogP contribution in [0.15, 0.2) is 42.5 Å². The van der Waals surface area contributed by atoms with Crippen LogP contribution in [0.2, 0.25) is 0 Å². The summed E-state index contributed by atoms with van der Waals surface area (Å²) >= 11 is 0. The van der Waals surface area contributed by atoms with Crippen molar-refractivity contribution in [1.29, 1.82) is 0 Å². The van der Waals surface area contributed by atoms with Gasteiger partial charge in [-0.15, -0.1) is 0 Å². The molecule has 0 saturated carbocycles. The number of rotatable bonds is 10. The Morgan fingerprint density at radius 2 is 1.67 bits per heavy atom. The normalized spacial score (nSPS) is 12.7. The van der Waals surface area contributed by atoms with Crippen LogP contribution in [0.5, 0.6) is 0 Å². The predicted octanol–water partition coefficient (Wildman–Crippen LogP) is 4.32. The van der Waals surface area contributed by atoms with Crippen molar-refractivity contribution in [3.05, 3.63) is 65.0 Å². The Labute approximate surface area is 214 Å². The van der Waals surface area contributed by atoms with Crippen molar-refractivity contribution >= 4 is 27.5 Å². The van der Waals surface area contributed by atoms with E-state index in [1.165, 1.54) is 21.3 Å². The Bertz CT molecular complexity index is 1170. The highest BCUT2D eigenvalue weighted by Crippen LogP contribution is 2.25. The van der Waals surface area contributed by atoms with Crippen LogP contribution in [-0.2, 0) is 26.2 Å². The Hall–Kier alpha value is -2.94. The third-order valence-corrected chi connectivity index (χ3v) is 7.11. The number of nitrogens with zero attached hydrogens (tertiary/aromatic N) is 2. The quantitative estimate of drug-likeness (QED) is 0.507. The fourth-order valence-electron chi connectivity index (χ4n) is 3.83. The number of carbonyl (C=O) groups excluding carboxylic acids is 2. The molecule has 36 heavy (non-hydrogen) atoms. The summed E-state index contributed by atoms with van der Waals surface area (Å²) in [6.45, 7) is 11.3. The molecule has 0 bridgehead atoms. The van der Waals surface area contributed by atoms with Crippen molar-refractivity contribution in [3.8, 4) is 0 Å². The molecule has 0 fully saturated rings. The highest BCUT2D eigenvalue weighted by Gasteiger charge is 2.29. The van der Waals surface area contributed by atoms with Crippen molar-refractivity contribution in [2.45, 2.75) is 72.5 Å². The number of aryl methyl sites for hydroxylation is 1. The number of anilines is 1. The van der Waals surface area contributed by atoms with E-state index in [2.05, 4.69) is 5.32 Å². The highest BCUT2D eigenvalue weighted by atomic mass is 32.2. The van der Waals surface area contributed by atoms with Crippen LogP contribution in [0, 0.1) is 19.7 Å². The van der Waals surface area contributed by atoms with Gasteiger partial charge >= 0.3 is 0 Å². The molecule has 2 rings (SSSR count). The monoisotopic (exact) mass is 519 g/mol. The molecule has 198 valence electrons. The Morgan fingerprint density at radius 3 is 2.22 bits per heavy atom. The van der Waals surface area contributed by atoms with E-state index < -0.39 is 21.6 Å². The molecular formula is C27H38FN3O4S. The van der Waals surface area contributed by atoms with Gasteiger partial charge in [0, 0.05) is 25.0 Å². The predicted molar refractivity (Wildman–Crippen MR) is 142 cm³/mol. The van der Waals surface area contributed by atoms with Gasteiger partial charge in [-0.1, -0.05) is 24.3 Å². The van der Waals surface area contributed by atoms with Crippen molar-refractivity contribution in [1.82, 2.24) is 10.2 Å². The van der Waals surface area contributed by atoms with Gasteiger partial charge in [-0.2, -0.15) is 0 Å². The zero-order valence-electron chi connectivity index (χ0n) is 22.3. The summed E-state index contributed by atoms with van der Waals surface area (Å²) in [4.78, 5) is 27.6. The Kier molecular flexibility index (Phi) is 9.65. The van der Waals surface area contributed by atoms with Gasteiger partial charge in [0.05, 0.1) is 11.9 Å². The molecule has 0 aliphatic heterocycles. The lowest BCUT2D eigenvalue weighted by atomic mass is 10.1. The SMILES string of the molecule is Cc1cccc(N(CCCC(=O)N(Cc2ccc(F)cc2)[C@H](C)C(=O)NC(C)(C)C)S(C)(=O)=O)c1C. The second-order valence-electron chi connectivity index (χ2n) is 10.2. The Balaban J connectivity index is 2.22. The average molecular weight is 520 g/mol. The maximum Gasteiger partial charge on any atom is 0.242 e. The molecule has 0 radical (unpaired) electrons. The van der Waals surface area contributed by atoms with Crippen molar-refractivity contribution in [2.75, 3.05) is 17.1 Å². The van der Waals surface area contributed by atoms with E-state index in [0.29, 0.717) is 11.3 Å². The van der Waals surface area contributed by atoms with Gasteiger partial charge in [0.15, 0.2) is 0 Å². The van der Waals surface area contributed by atoms with Crippen LogP contribution in [0.3, 0.4) is 0 Å². The first kappa shape index (κ1) is 29.3. The first-order valence-electron chi connectivity index (χ1n) is 12.0. The molecule has 2 aromatic rings. The number of halogens is 1. The van der Waals surface area contributed by atoms with Crippen LogP contribution in [-0.4, -0.2) is 49.5 Å². The molecule has 2 aromatic carbocycles. The van der Waals surface area contributed by atoms with Crippen molar-refractivity contribution < 1.29 is 22.4 Å². The number of hydrogen-bond donors (Lipinski definition) is 1. The summed E-state index contributed by atoms with van der Waals surface area (Å²) in [5.41, 5.74) is 2.64. The number of carbonyl (C=O) groups is 2. The molecule has 0 heterocycles. The summed E-state index contributed by atoms with van der Waals surface area (Å²) < 4.78 is 39.8. The molecule has 2 amide bonds. The zero-order chi connectivity index (χ0) is 27.3. The first-order valence-corrected chi connectivity index (χ1v) is 13.8. The lowest BCUT2D eigenvalue weighted by Crippen LogP contribution is -2.52. The topological polar surface area (TPSA) is 86.8 Å². The van der Waals surface area contributed by atoms with Gasteiger partial charge in [0.1, 0.15) is 11.9 Å². The van der Waals surface area contributed by atoms with E-state index in [4.69, 9.17) is 0 Å². The number of sulfonamides is 1. The van der Waals surface area contributed by atoms with Gasteiger partial charge in [0.2, 0.25) is 21.8 Å². The summed E-state index contributed by atoms with van der Waals surface area (Å²) in [5, 5.41) is 2.90. The maximum absolute atomic E-state index is 13.4. The van der Waals surface area contributed by atoms with Crippen LogP contribution < -0.4 is 9.62 Å². The van der Waals surface area contributed by atoms with E-state index in [1.54, 1.807) is 31.2 Å². The smallest absolute Gasteiger partial charge is 0.242 e. The van der Waals surface area contributed by atoms with E-state index in [-0.39, 0.29) is 43.6 Å². The molecule has 0 saturated heterocycles. The van der Waals surface area contributed by atoms with E-state index in [0.717, 1.165) is 17.4 Å². The molecule has 1 N–H and O–H groups in total. The number of amides is 2. The van der Waals surface area contributed by atoms with Gasteiger partial charge in [0.25, 0.3) is 0 Å². The van der Waals surface area contributed by atoms with E-state index in [9.17, 15) is 22.4 Å². The number of benzene rings is 2. The maximum atomic E-state index is 13.4. The molecule has 0 aliphatic carbocycles. The minimum atomic E-state index is -3.57. The van der Waals surface area contributed by atoms with Crippen LogP contribution in [0.4, 0.5) is 10.1 Å². The van der Waals surface area contributed by atoms with E-state index in [1.807, 2.05) is 40.7 Å². The molecular weight excluding hydrogens is 481 g/mol. The standard InChI is InChI=1S/C27H38FN3O4S/c1-19-10-8-11-24(20(19)2)31(36(7,34)35)17-9-12-25(32)30(18-22-13-15-23(28)16-14-22)21(3)26(33)29-27(4,5)6/h8,10-11,13-16,21H,9,12,17-18H2,1-7H3,(H,29,33)/t21-/m1/s1. The lowest BCUT2D eigenvalue weighted by Gasteiger charge is -2.32. The molecule has 1 atom stereocenters. The summed E-state index contributed by atoms with van der Waals surface area (Å²) in [6, 6.07) is 10.5. The summed E-state index contributed by atoms with van der Waals surface area (Å²) in [6.07, 6.45) is 1.47. The second kappa shape index (κ2) is 11.9. The highest BCUT2D eigenvalue weighted by molar-refractivity contribution is 7.92. The number of hydrogen-bond acceptors (Lipinski definition) is 4. The van der Waals surface area contributed by atoms with Gasteiger partial charge < -0.3 is 10.2 Å². The van der Waals surface area contributed by atoms with Crippen LogP contribution in [0.25, 0.3) is 0 Å². The minimum absolute atomic E-state index is 0.0468. The van der Waals surface area contributed by atoms with Gasteiger partial charge in [-0.25, -0.2) is 12.8 Å². The summed E-state index contributed by atoms with van der Waals surface area (Å²) in [7, 11) is -3.57. The molecule has 0 aliphatic rings. The molecule has 0 unspecified atom stereocenters. The first-order chi connectivity index (χ1) is 16.6. The second-order valence-corrected chi connectivity index (χ2v) is 12.1. The van der Waals surface area contributed by atoms with Crippen LogP contribution in [0.1, 0.15) is 57.2 Å². The third-order valence-electron chi connectivity index (χ3n) is 5.93. The van der Waals surface area contributed by atoms with E-state index >= 15 is 0 Å². The molecule has 7 nitrogen and oxygen atoms in total. The largest absolute Gasteiger partial charge is 0.350 e. The molecule has 0 spiro atoms. The van der Waals surface area contributed by atoms with Crippen molar-refractivity contribution in [2.24, 2.45) is 0 Å². The Morgan fingerprint density at radius 1 is 1.06 bits per heavy atom. The fourth-order valence-corrected chi connectivity index (χ4v) is 4.85. The van der Waals surface area contributed by atoms with Crippen molar-refractivity contribution in [3.63, 3.8) is 0 Å². The average Bonchev–Trinajstić information content (AvgIpc) is 2.76. The minimum Gasteiger partial charge on any atom is -0.350 e. The van der Waals surface area contributed by atoms with Gasteiger partial charge in [-0.3, -0.25) is 13.9 Å².